The summed E-state index contributed by atoms with van der Waals surface area (Å²) in [6.07, 6.45) is 5.53. The van der Waals surface area contributed by atoms with E-state index in [4.69, 9.17) is 0 Å². The van der Waals surface area contributed by atoms with Gasteiger partial charge < -0.3 is 0 Å². The van der Waals surface area contributed by atoms with Crippen molar-refractivity contribution in [2.24, 2.45) is 0 Å². The quantitative estimate of drug-likeness (QED) is 0.434. The van der Waals surface area contributed by atoms with Crippen molar-refractivity contribution in [3.05, 3.63) is 67.1 Å². The van der Waals surface area contributed by atoms with Gasteiger partial charge in [0.1, 0.15) is 0 Å². The van der Waals surface area contributed by atoms with Gasteiger partial charge in [-0.2, -0.15) is 0 Å². The third-order valence-electron chi connectivity index (χ3n) is 4.02. The van der Waals surface area contributed by atoms with Crippen LogP contribution in [0.3, 0.4) is 0 Å². The van der Waals surface area contributed by atoms with Crippen LogP contribution in [0, 0.1) is 0 Å². The van der Waals surface area contributed by atoms with Gasteiger partial charge in [-0.15, -0.1) is 11.3 Å². The van der Waals surface area contributed by atoms with Gasteiger partial charge in [-0.3, -0.25) is 9.97 Å². The number of thiophene rings is 1. The lowest BCUT2D eigenvalue weighted by atomic mass is 10.1. The lowest BCUT2D eigenvalue weighted by Crippen LogP contribution is -1.88. The van der Waals surface area contributed by atoms with Gasteiger partial charge in [-0.1, -0.05) is 24.3 Å². The summed E-state index contributed by atoms with van der Waals surface area (Å²) in [5.41, 5.74) is 2.67. The maximum absolute atomic E-state index is 4.69. The summed E-state index contributed by atoms with van der Waals surface area (Å²) < 4.78 is 2.53. The summed E-state index contributed by atoms with van der Waals surface area (Å²) in [4.78, 5) is 13.5. The van der Waals surface area contributed by atoms with Crippen LogP contribution in [0.15, 0.2) is 67.1 Å². The summed E-state index contributed by atoms with van der Waals surface area (Å²) in [6.45, 7) is 0. The van der Waals surface area contributed by atoms with Gasteiger partial charge in [0, 0.05) is 38.0 Å². The average Bonchev–Trinajstić information content (AvgIpc) is 2.99. The minimum absolute atomic E-state index is 0.879. The Bertz CT molecular complexity index is 1180. The van der Waals surface area contributed by atoms with Crippen molar-refractivity contribution in [1.29, 1.82) is 0 Å². The largest absolute Gasteiger partial charge is 0.262 e. The zero-order valence-corrected chi connectivity index (χ0v) is 12.9. The van der Waals surface area contributed by atoms with Crippen LogP contribution < -0.4 is 0 Å². The van der Waals surface area contributed by atoms with E-state index in [1.54, 1.807) is 23.7 Å². The number of hydrogen-bond acceptors (Lipinski definition) is 4. The molecule has 0 saturated carbocycles. The van der Waals surface area contributed by atoms with Crippen LogP contribution in [0.1, 0.15) is 0 Å². The molecule has 0 radical (unpaired) electrons. The second-order valence-electron chi connectivity index (χ2n) is 5.43. The smallest absolute Gasteiger partial charge is 0.0900 e. The first-order chi connectivity index (χ1) is 11.4. The van der Waals surface area contributed by atoms with Gasteiger partial charge in [0.25, 0.3) is 0 Å². The van der Waals surface area contributed by atoms with E-state index in [-0.39, 0.29) is 0 Å². The van der Waals surface area contributed by atoms with Crippen LogP contribution in [0.2, 0.25) is 0 Å². The second-order valence-corrected chi connectivity index (χ2v) is 6.51. The fraction of sp³-hybridized carbons (Fsp3) is 0. The van der Waals surface area contributed by atoms with E-state index in [0.717, 1.165) is 22.3 Å². The van der Waals surface area contributed by atoms with Crippen LogP contribution in [0.4, 0.5) is 0 Å². The van der Waals surface area contributed by atoms with Gasteiger partial charge in [-0.05, 0) is 24.3 Å². The minimum Gasteiger partial charge on any atom is -0.262 e. The number of nitrogens with zero attached hydrogens (tertiary/aromatic N) is 3. The lowest BCUT2D eigenvalue weighted by Gasteiger charge is -2.02. The molecule has 108 valence electrons. The molecule has 0 bridgehead atoms. The van der Waals surface area contributed by atoms with Gasteiger partial charge in [0.2, 0.25) is 0 Å². The molecule has 5 aromatic rings. The maximum atomic E-state index is 4.69. The zero-order chi connectivity index (χ0) is 15.2. The highest BCUT2D eigenvalue weighted by atomic mass is 32.1. The summed E-state index contributed by atoms with van der Waals surface area (Å²) in [5.74, 6) is 0. The van der Waals surface area contributed by atoms with E-state index in [1.165, 1.54) is 20.2 Å². The van der Waals surface area contributed by atoms with Gasteiger partial charge in [0.05, 0.1) is 23.1 Å². The predicted molar refractivity (Wildman–Crippen MR) is 95.7 cm³/mol. The molecule has 0 fully saturated rings. The Kier molecular flexibility index (Phi) is 2.66. The zero-order valence-electron chi connectivity index (χ0n) is 12.1. The van der Waals surface area contributed by atoms with Crippen LogP contribution in [-0.2, 0) is 0 Å². The van der Waals surface area contributed by atoms with Crippen molar-refractivity contribution in [3.63, 3.8) is 0 Å². The topological polar surface area (TPSA) is 38.7 Å². The number of hydrogen-bond donors (Lipinski definition) is 0. The fourth-order valence-corrected chi connectivity index (χ4v) is 3.98. The molecule has 1 aromatic carbocycles. The van der Waals surface area contributed by atoms with Gasteiger partial charge in [0.15, 0.2) is 0 Å². The Balaban J connectivity index is 1.73. The predicted octanol–water partition coefficient (Wildman–Crippen LogP) is 5.06. The van der Waals surface area contributed by atoms with Crippen molar-refractivity contribution in [2.45, 2.75) is 0 Å². The molecule has 4 aromatic heterocycles. The molecule has 0 aliphatic heterocycles. The monoisotopic (exact) mass is 313 g/mol. The van der Waals surface area contributed by atoms with Crippen LogP contribution >= 0.6 is 11.3 Å². The molecule has 0 saturated heterocycles. The Morgan fingerprint density at radius 1 is 0.783 bits per heavy atom. The van der Waals surface area contributed by atoms with Crippen LogP contribution in [0.25, 0.3) is 42.5 Å². The summed E-state index contributed by atoms with van der Waals surface area (Å²) in [5, 5.41) is 3.56. The van der Waals surface area contributed by atoms with Crippen LogP contribution in [-0.4, -0.2) is 15.0 Å². The third kappa shape index (κ3) is 1.99. The molecule has 3 nitrogen and oxygen atoms in total. The van der Waals surface area contributed by atoms with Crippen molar-refractivity contribution in [1.82, 2.24) is 15.0 Å². The van der Waals surface area contributed by atoms with Gasteiger partial charge in [-0.25, -0.2) is 4.98 Å². The van der Waals surface area contributed by atoms with Gasteiger partial charge >= 0.3 is 0 Å². The molecule has 4 heterocycles. The average molecular weight is 313 g/mol. The highest BCUT2D eigenvalue weighted by molar-refractivity contribution is 7.25. The molecule has 23 heavy (non-hydrogen) atoms. The Labute approximate surface area is 136 Å². The Morgan fingerprint density at radius 2 is 1.74 bits per heavy atom. The number of fused-ring (bicyclic) bond motifs is 4. The second kappa shape index (κ2) is 4.83. The van der Waals surface area contributed by atoms with E-state index in [1.807, 2.05) is 18.3 Å². The molecule has 4 heteroatoms. The molecular weight excluding hydrogens is 302 g/mol. The molecule has 0 aliphatic carbocycles. The summed E-state index contributed by atoms with van der Waals surface area (Å²) in [7, 11) is 0. The van der Waals surface area contributed by atoms with Crippen molar-refractivity contribution in [2.75, 3.05) is 0 Å². The van der Waals surface area contributed by atoms with E-state index in [2.05, 4.69) is 51.4 Å². The van der Waals surface area contributed by atoms with Crippen molar-refractivity contribution in [3.8, 4) is 11.4 Å². The minimum atomic E-state index is 0.879. The van der Waals surface area contributed by atoms with Crippen molar-refractivity contribution < 1.29 is 0 Å². The van der Waals surface area contributed by atoms with Crippen molar-refractivity contribution >= 4 is 42.4 Å². The molecule has 0 atom stereocenters. The molecule has 0 aliphatic rings. The first kappa shape index (κ1) is 12.7. The third-order valence-corrected chi connectivity index (χ3v) is 5.15. The first-order valence-corrected chi connectivity index (χ1v) is 8.18. The molecule has 5 rings (SSSR count). The van der Waals surface area contributed by atoms with E-state index in [0.29, 0.717) is 0 Å². The molecule has 0 N–H and O–H groups in total. The fourth-order valence-electron chi connectivity index (χ4n) is 2.87. The van der Waals surface area contributed by atoms with E-state index in [9.17, 15) is 0 Å². The van der Waals surface area contributed by atoms with E-state index < -0.39 is 0 Å². The number of benzene rings is 1. The first-order valence-electron chi connectivity index (χ1n) is 7.37. The summed E-state index contributed by atoms with van der Waals surface area (Å²) in [6, 6.07) is 16.6. The Morgan fingerprint density at radius 3 is 2.74 bits per heavy atom. The number of pyridine rings is 3. The molecular formula is C19H11N3S. The lowest BCUT2D eigenvalue weighted by molar-refractivity contribution is 1.27. The number of rotatable bonds is 1. The standard InChI is InChI=1S/C19H11N3S/c1-2-4-18-13(3-1)14-10-21-16(9-19(14)23-18)15-6-5-12-7-8-20-11-17(12)22-15/h1-11H. The molecule has 0 unspecified atom stereocenters. The molecule has 0 spiro atoms. The Hall–Kier alpha value is -2.85. The summed E-state index contributed by atoms with van der Waals surface area (Å²) >= 11 is 1.79. The highest BCUT2D eigenvalue weighted by Gasteiger charge is 2.08. The SMILES string of the molecule is c1ccc2c(c1)sc1cc(-c3ccc4ccncc4n3)ncc12. The maximum Gasteiger partial charge on any atom is 0.0900 e. The highest BCUT2D eigenvalue weighted by Crippen LogP contribution is 2.34. The van der Waals surface area contributed by atoms with Crippen LogP contribution in [0.5, 0.6) is 0 Å². The molecule has 0 amide bonds. The normalized spacial score (nSPS) is 11.5. The van der Waals surface area contributed by atoms with E-state index >= 15 is 0 Å². The number of aromatic nitrogens is 3.